The number of nitrogens with one attached hydrogen (secondary N) is 1. The lowest BCUT2D eigenvalue weighted by molar-refractivity contribution is 0.353. The molecule has 2 aromatic heterocycles. The van der Waals surface area contributed by atoms with Crippen molar-refractivity contribution in [2.75, 3.05) is 0 Å². The number of hydrogen-bond acceptors (Lipinski definition) is 4. The Morgan fingerprint density at radius 1 is 1.10 bits per heavy atom. The Kier molecular flexibility index (Phi) is 5.16. The van der Waals surface area contributed by atoms with Gasteiger partial charge >= 0.3 is 5.69 Å². The zero-order chi connectivity index (χ0) is 20.4. The van der Waals surface area contributed by atoms with Crippen LogP contribution in [0.1, 0.15) is 36.9 Å². The average Bonchev–Trinajstić information content (AvgIpc) is 3.33. The number of aryl methyl sites for hydroxylation is 1. The molecule has 6 heteroatoms. The van der Waals surface area contributed by atoms with E-state index in [0.717, 1.165) is 16.9 Å². The molecule has 2 heterocycles. The molecule has 0 aliphatic rings. The van der Waals surface area contributed by atoms with Crippen molar-refractivity contribution in [2.24, 2.45) is 5.92 Å². The van der Waals surface area contributed by atoms with E-state index < -0.39 is 0 Å². The lowest BCUT2D eigenvalue weighted by Crippen LogP contribution is -2.15. The van der Waals surface area contributed by atoms with Crippen molar-refractivity contribution < 1.29 is 4.52 Å². The van der Waals surface area contributed by atoms with Crippen LogP contribution < -0.4 is 5.69 Å². The summed E-state index contributed by atoms with van der Waals surface area (Å²) in [5.41, 5.74) is 3.51. The number of H-pyrrole nitrogens is 1. The minimum absolute atomic E-state index is 0.170. The van der Waals surface area contributed by atoms with Gasteiger partial charge in [-0.25, -0.2) is 4.79 Å². The molecule has 6 nitrogen and oxygen atoms in total. The van der Waals surface area contributed by atoms with Gasteiger partial charge in [0.25, 0.3) is 0 Å². The molecule has 0 spiro atoms. The van der Waals surface area contributed by atoms with Crippen LogP contribution in [0.3, 0.4) is 0 Å². The first kappa shape index (κ1) is 18.9. The smallest absolute Gasteiger partial charge is 0.330 e. The summed E-state index contributed by atoms with van der Waals surface area (Å²) in [5.74, 6) is 1.89. The van der Waals surface area contributed by atoms with Crippen molar-refractivity contribution in [3.63, 3.8) is 0 Å². The second-order valence-electron chi connectivity index (χ2n) is 7.60. The van der Waals surface area contributed by atoms with Gasteiger partial charge < -0.3 is 9.51 Å². The fourth-order valence-corrected chi connectivity index (χ4v) is 3.64. The number of benzene rings is 2. The maximum Gasteiger partial charge on any atom is 0.330 e. The number of hydrogen-bond donors (Lipinski definition) is 1. The molecule has 4 rings (SSSR count). The number of imidazole rings is 1. The van der Waals surface area contributed by atoms with Gasteiger partial charge in [-0.2, -0.15) is 4.98 Å². The number of rotatable bonds is 6. The summed E-state index contributed by atoms with van der Waals surface area (Å²) in [7, 11) is 0. The van der Waals surface area contributed by atoms with Crippen LogP contribution in [0.15, 0.2) is 70.1 Å². The number of nitrogens with zero attached hydrogens (tertiary/aromatic N) is 3. The molecule has 148 valence electrons. The molecule has 1 unspecified atom stereocenters. The summed E-state index contributed by atoms with van der Waals surface area (Å²) in [5, 5.41) is 4.18. The van der Waals surface area contributed by atoms with E-state index in [2.05, 4.69) is 53.2 Å². The highest BCUT2D eigenvalue weighted by Crippen LogP contribution is 2.29. The highest BCUT2D eigenvalue weighted by atomic mass is 16.5. The molecule has 0 bridgehead atoms. The van der Waals surface area contributed by atoms with Gasteiger partial charge in [0.15, 0.2) is 0 Å². The second-order valence-corrected chi connectivity index (χ2v) is 7.60. The third-order valence-corrected chi connectivity index (χ3v) is 5.22. The van der Waals surface area contributed by atoms with Crippen LogP contribution in [-0.2, 0) is 6.42 Å². The summed E-state index contributed by atoms with van der Waals surface area (Å²) in [4.78, 5) is 19.4. The minimum Gasteiger partial charge on any atom is -0.339 e. The maximum absolute atomic E-state index is 12.1. The van der Waals surface area contributed by atoms with E-state index >= 15 is 0 Å². The normalized spacial score (nSPS) is 12.4. The lowest BCUT2D eigenvalue weighted by atomic mass is 9.86. The molecule has 0 saturated heterocycles. The second kappa shape index (κ2) is 7.91. The van der Waals surface area contributed by atoms with E-state index in [1.165, 1.54) is 5.56 Å². The Morgan fingerprint density at radius 3 is 2.59 bits per heavy atom. The number of aromatic nitrogens is 4. The Labute approximate surface area is 169 Å². The summed E-state index contributed by atoms with van der Waals surface area (Å²) in [6.45, 7) is 6.29. The molecule has 1 atom stereocenters. The quantitative estimate of drug-likeness (QED) is 0.527. The highest BCUT2D eigenvalue weighted by Gasteiger charge is 2.20. The molecular formula is C23H24N4O2. The Hall–Kier alpha value is -3.41. The molecule has 0 amide bonds. The fraction of sp³-hybridized carbons (Fsp3) is 0.261. The molecule has 29 heavy (non-hydrogen) atoms. The molecular weight excluding hydrogens is 364 g/mol. The summed E-state index contributed by atoms with van der Waals surface area (Å²) in [6.07, 6.45) is 2.38. The van der Waals surface area contributed by atoms with E-state index in [1.807, 2.05) is 37.3 Å². The van der Waals surface area contributed by atoms with E-state index in [9.17, 15) is 4.79 Å². The standard InChI is InChI=1S/C23H24N4O2/c1-15(2)20(17-8-5-4-6-9-17)13-21-25-22(26-29-21)18-10-7-11-19(12-18)27-16(3)14-24-23(27)28/h4-12,14-15,20H,13H2,1-3H3,(H,24,28). The van der Waals surface area contributed by atoms with Gasteiger partial charge in [0.2, 0.25) is 11.7 Å². The fourth-order valence-electron chi connectivity index (χ4n) is 3.64. The van der Waals surface area contributed by atoms with Gasteiger partial charge in [-0.05, 0) is 36.5 Å². The van der Waals surface area contributed by atoms with Gasteiger partial charge in [-0.3, -0.25) is 4.57 Å². The molecule has 0 aliphatic heterocycles. The SMILES string of the molecule is Cc1c[nH]c(=O)n1-c1cccc(-c2noc(CC(c3ccccc3)C(C)C)n2)c1. The predicted molar refractivity (Wildman–Crippen MR) is 112 cm³/mol. The topological polar surface area (TPSA) is 76.7 Å². The summed E-state index contributed by atoms with van der Waals surface area (Å²) < 4.78 is 7.18. The molecule has 4 aromatic rings. The average molecular weight is 388 g/mol. The van der Waals surface area contributed by atoms with Crippen molar-refractivity contribution >= 4 is 0 Å². The summed E-state index contributed by atoms with van der Waals surface area (Å²) >= 11 is 0. The zero-order valence-corrected chi connectivity index (χ0v) is 16.8. The van der Waals surface area contributed by atoms with Gasteiger partial charge in [0.1, 0.15) is 0 Å². The molecule has 0 fully saturated rings. The lowest BCUT2D eigenvalue weighted by Gasteiger charge is -2.19. The van der Waals surface area contributed by atoms with E-state index in [0.29, 0.717) is 30.0 Å². The molecule has 0 radical (unpaired) electrons. The Morgan fingerprint density at radius 2 is 1.90 bits per heavy atom. The first-order valence-electron chi connectivity index (χ1n) is 9.78. The third-order valence-electron chi connectivity index (χ3n) is 5.22. The maximum atomic E-state index is 12.1. The largest absolute Gasteiger partial charge is 0.339 e. The van der Waals surface area contributed by atoms with Crippen molar-refractivity contribution in [1.29, 1.82) is 0 Å². The molecule has 0 aliphatic carbocycles. The van der Waals surface area contributed by atoms with Gasteiger partial charge in [0, 0.05) is 23.9 Å². The van der Waals surface area contributed by atoms with Gasteiger partial charge in [-0.15, -0.1) is 0 Å². The molecule has 0 saturated carbocycles. The monoisotopic (exact) mass is 388 g/mol. The van der Waals surface area contributed by atoms with Crippen LogP contribution in [0.2, 0.25) is 0 Å². The Balaban J connectivity index is 1.61. The van der Waals surface area contributed by atoms with Crippen molar-refractivity contribution in [1.82, 2.24) is 19.7 Å². The summed E-state index contributed by atoms with van der Waals surface area (Å²) in [6, 6.07) is 18.0. The third kappa shape index (κ3) is 3.92. The van der Waals surface area contributed by atoms with Gasteiger partial charge in [-0.1, -0.05) is 61.5 Å². The van der Waals surface area contributed by atoms with E-state index in [4.69, 9.17) is 4.52 Å². The van der Waals surface area contributed by atoms with Crippen LogP contribution in [0.5, 0.6) is 0 Å². The molecule has 1 N–H and O–H groups in total. The number of aromatic amines is 1. The molecule has 2 aromatic carbocycles. The van der Waals surface area contributed by atoms with Crippen LogP contribution in [-0.4, -0.2) is 19.7 Å². The first-order valence-corrected chi connectivity index (χ1v) is 9.78. The van der Waals surface area contributed by atoms with Gasteiger partial charge in [0.05, 0.1) is 5.69 Å². The van der Waals surface area contributed by atoms with Crippen LogP contribution in [0.4, 0.5) is 0 Å². The van der Waals surface area contributed by atoms with Crippen LogP contribution in [0.25, 0.3) is 17.1 Å². The van der Waals surface area contributed by atoms with Crippen molar-refractivity contribution in [2.45, 2.75) is 33.1 Å². The highest BCUT2D eigenvalue weighted by molar-refractivity contribution is 5.58. The first-order chi connectivity index (χ1) is 14.0. The Bertz CT molecular complexity index is 1150. The van der Waals surface area contributed by atoms with Crippen molar-refractivity contribution in [3.05, 3.63) is 88.4 Å². The predicted octanol–water partition coefficient (Wildman–Crippen LogP) is 4.51. The van der Waals surface area contributed by atoms with E-state index in [1.54, 1.807) is 10.8 Å². The van der Waals surface area contributed by atoms with Crippen molar-refractivity contribution in [3.8, 4) is 17.1 Å². The van der Waals surface area contributed by atoms with Crippen LogP contribution >= 0.6 is 0 Å². The van der Waals surface area contributed by atoms with E-state index in [-0.39, 0.29) is 5.69 Å². The minimum atomic E-state index is -0.170. The zero-order valence-electron chi connectivity index (χ0n) is 16.8. The van der Waals surface area contributed by atoms with Crippen LogP contribution in [0, 0.1) is 12.8 Å².